The zero-order valence-electron chi connectivity index (χ0n) is 11.5. The molecular weight excluding hydrogens is 242 g/mol. The average molecular weight is 263 g/mol. The first-order valence-corrected chi connectivity index (χ1v) is 6.73. The summed E-state index contributed by atoms with van der Waals surface area (Å²) in [6.07, 6.45) is -0.506. The number of carbonyl (C=O) groups excluding carboxylic acids is 1. The summed E-state index contributed by atoms with van der Waals surface area (Å²) in [4.78, 5) is 13.4. The molecule has 1 saturated heterocycles. The van der Waals surface area contributed by atoms with Crippen LogP contribution in [0.25, 0.3) is 0 Å². The molecule has 4 heteroatoms. The van der Waals surface area contributed by atoms with E-state index in [1.165, 1.54) is 4.90 Å². The van der Waals surface area contributed by atoms with Crippen LogP contribution in [0.4, 0.5) is 4.79 Å². The topological polar surface area (TPSA) is 49.8 Å². The first-order valence-electron chi connectivity index (χ1n) is 6.73. The lowest BCUT2D eigenvalue weighted by Crippen LogP contribution is -2.36. The molecule has 1 N–H and O–H groups in total. The third kappa shape index (κ3) is 3.47. The van der Waals surface area contributed by atoms with E-state index in [1.54, 1.807) is 0 Å². The maximum absolute atomic E-state index is 11.9. The molecule has 0 bridgehead atoms. The normalized spacial score (nSPS) is 22.8. The molecule has 1 fully saturated rings. The number of aliphatic hydroxyl groups excluding tert-OH is 1. The number of aliphatic hydroxyl groups is 1. The zero-order valence-corrected chi connectivity index (χ0v) is 11.5. The molecule has 1 heterocycles. The molecule has 2 rings (SSSR count). The number of carbonyl (C=O) groups is 1. The predicted octanol–water partition coefficient (Wildman–Crippen LogP) is 2.62. The quantitative estimate of drug-likeness (QED) is 0.912. The molecule has 1 amide bonds. The van der Waals surface area contributed by atoms with Gasteiger partial charge in [0.2, 0.25) is 0 Å². The monoisotopic (exact) mass is 263 g/mol. The summed E-state index contributed by atoms with van der Waals surface area (Å²) in [5, 5.41) is 9.90. The lowest BCUT2D eigenvalue weighted by molar-refractivity contribution is 0.0220. The summed E-state index contributed by atoms with van der Waals surface area (Å²) >= 11 is 0. The van der Waals surface area contributed by atoms with Gasteiger partial charge in [-0.25, -0.2) is 4.79 Å². The Hall–Kier alpha value is -1.55. The highest BCUT2D eigenvalue weighted by molar-refractivity contribution is 5.68. The molecule has 0 spiro atoms. The number of nitrogens with zero attached hydrogens (tertiary/aromatic N) is 1. The Balaban J connectivity index is 1.87. The van der Waals surface area contributed by atoms with Crippen molar-refractivity contribution in [2.75, 3.05) is 6.54 Å². The highest BCUT2D eigenvalue weighted by Gasteiger charge is 2.36. The molecule has 0 aromatic heterocycles. The van der Waals surface area contributed by atoms with Gasteiger partial charge in [0.25, 0.3) is 0 Å². The molecule has 104 valence electrons. The number of likely N-dealkylation sites (tertiary alicyclic amines) is 1. The third-order valence-electron chi connectivity index (χ3n) is 3.69. The Morgan fingerprint density at radius 2 is 2.11 bits per heavy atom. The van der Waals surface area contributed by atoms with Gasteiger partial charge in [0.05, 0.1) is 0 Å². The van der Waals surface area contributed by atoms with Crippen LogP contribution in [0.5, 0.6) is 0 Å². The Labute approximate surface area is 114 Å². The van der Waals surface area contributed by atoms with Gasteiger partial charge >= 0.3 is 6.09 Å². The summed E-state index contributed by atoms with van der Waals surface area (Å²) in [6, 6.07) is 9.54. The van der Waals surface area contributed by atoms with Gasteiger partial charge < -0.3 is 9.84 Å². The van der Waals surface area contributed by atoms with E-state index in [9.17, 15) is 9.90 Å². The van der Waals surface area contributed by atoms with Crippen molar-refractivity contribution in [3.05, 3.63) is 35.9 Å². The molecule has 1 aliphatic heterocycles. The fraction of sp³-hybridized carbons (Fsp3) is 0.533. The second kappa shape index (κ2) is 6.06. The summed E-state index contributed by atoms with van der Waals surface area (Å²) < 4.78 is 5.24. The van der Waals surface area contributed by atoms with Crippen LogP contribution in [0.2, 0.25) is 0 Å². The van der Waals surface area contributed by atoms with E-state index < -0.39 is 12.3 Å². The number of hydrogen-bond donors (Lipinski definition) is 1. The Kier molecular flexibility index (Phi) is 4.43. The largest absolute Gasteiger partial charge is 0.444 e. The van der Waals surface area contributed by atoms with E-state index in [1.807, 2.05) is 30.3 Å². The number of rotatable bonds is 3. The van der Waals surface area contributed by atoms with Crippen LogP contribution in [0.1, 0.15) is 25.8 Å². The molecule has 19 heavy (non-hydrogen) atoms. The predicted molar refractivity (Wildman–Crippen MR) is 72.3 cm³/mol. The SMILES string of the molecule is CC(C)C1CC(O)N(C(=O)OCc2ccccc2)C1. The molecule has 4 nitrogen and oxygen atoms in total. The highest BCUT2D eigenvalue weighted by atomic mass is 16.6. The highest BCUT2D eigenvalue weighted by Crippen LogP contribution is 2.28. The van der Waals surface area contributed by atoms with Crippen LogP contribution in [-0.2, 0) is 11.3 Å². The first kappa shape index (κ1) is 13.9. The Morgan fingerprint density at radius 1 is 1.42 bits per heavy atom. The molecule has 1 aliphatic rings. The fourth-order valence-corrected chi connectivity index (χ4v) is 2.33. The van der Waals surface area contributed by atoms with Gasteiger partial charge in [0, 0.05) is 6.54 Å². The van der Waals surface area contributed by atoms with E-state index in [-0.39, 0.29) is 6.61 Å². The van der Waals surface area contributed by atoms with E-state index in [0.29, 0.717) is 24.8 Å². The Bertz CT molecular complexity index is 419. The van der Waals surface area contributed by atoms with E-state index in [4.69, 9.17) is 4.74 Å². The molecule has 1 aromatic carbocycles. The molecule has 2 unspecified atom stereocenters. The molecule has 0 saturated carbocycles. The van der Waals surface area contributed by atoms with Gasteiger partial charge in [0.1, 0.15) is 12.8 Å². The van der Waals surface area contributed by atoms with Gasteiger partial charge in [-0.1, -0.05) is 44.2 Å². The van der Waals surface area contributed by atoms with E-state index in [0.717, 1.165) is 5.56 Å². The van der Waals surface area contributed by atoms with E-state index in [2.05, 4.69) is 13.8 Å². The number of benzene rings is 1. The lowest BCUT2D eigenvalue weighted by Gasteiger charge is -2.20. The summed E-state index contributed by atoms with van der Waals surface area (Å²) in [7, 11) is 0. The van der Waals surface area contributed by atoms with Gasteiger partial charge in [-0.05, 0) is 23.8 Å². The fourth-order valence-electron chi connectivity index (χ4n) is 2.33. The van der Waals surface area contributed by atoms with Crippen molar-refractivity contribution in [2.24, 2.45) is 11.8 Å². The second-order valence-corrected chi connectivity index (χ2v) is 5.41. The van der Waals surface area contributed by atoms with Crippen molar-refractivity contribution in [1.82, 2.24) is 4.90 Å². The van der Waals surface area contributed by atoms with Crippen LogP contribution >= 0.6 is 0 Å². The van der Waals surface area contributed by atoms with Crippen LogP contribution in [0, 0.1) is 11.8 Å². The van der Waals surface area contributed by atoms with Crippen LogP contribution in [0.3, 0.4) is 0 Å². The first-order chi connectivity index (χ1) is 9.08. The smallest absolute Gasteiger partial charge is 0.412 e. The number of hydrogen-bond acceptors (Lipinski definition) is 3. The number of ether oxygens (including phenoxy) is 1. The zero-order chi connectivity index (χ0) is 13.8. The second-order valence-electron chi connectivity index (χ2n) is 5.41. The van der Waals surface area contributed by atoms with Crippen molar-refractivity contribution in [3.8, 4) is 0 Å². The van der Waals surface area contributed by atoms with Crippen LogP contribution < -0.4 is 0 Å². The van der Waals surface area contributed by atoms with Crippen LogP contribution in [-0.4, -0.2) is 28.9 Å². The van der Waals surface area contributed by atoms with Crippen molar-refractivity contribution in [3.63, 3.8) is 0 Å². The van der Waals surface area contributed by atoms with Crippen molar-refractivity contribution in [1.29, 1.82) is 0 Å². The minimum atomic E-state index is -0.712. The average Bonchev–Trinajstić information content (AvgIpc) is 2.80. The standard InChI is InChI=1S/C15H21NO3/c1-11(2)13-8-14(17)16(9-13)15(18)19-10-12-6-4-3-5-7-12/h3-7,11,13-14,17H,8-10H2,1-2H3. The third-order valence-corrected chi connectivity index (χ3v) is 3.69. The van der Waals surface area contributed by atoms with Crippen molar-refractivity contribution in [2.45, 2.75) is 33.1 Å². The summed E-state index contributed by atoms with van der Waals surface area (Å²) in [6.45, 7) is 5.04. The molecular formula is C15H21NO3. The van der Waals surface area contributed by atoms with Gasteiger partial charge in [0.15, 0.2) is 0 Å². The van der Waals surface area contributed by atoms with Crippen molar-refractivity contribution >= 4 is 6.09 Å². The lowest BCUT2D eigenvalue weighted by atomic mass is 9.95. The molecule has 2 atom stereocenters. The minimum absolute atomic E-state index is 0.245. The van der Waals surface area contributed by atoms with E-state index >= 15 is 0 Å². The maximum Gasteiger partial charge on any atom is 0.412 e. The summed E-state index contributed by atoms with van der Waals surface area (Å²) in [5.74, 6) is 0.806. The Morgan fingerprint density at radius 3 is 2.68 bits per heavy atom. The number of amides is 1. The van der Waals surface area contributed by atoms with Crippen molar-refractivity contribution < 1.29 is 14.6 Å². The molecule has 0 aliphatic carbocycles. The van der Waals surface area contributed by atoms with Crippen LogP contribution in [0.15, 0.2) is 30.3 Å². The van der Waals surface area contributed by atoms with Gasteiger partial charge in [-0.3, -0.25) is 4.90 Å². The molecule has 1 aromatic rings. The summed E-state index contributed by atoms with van der Waals surface area (Å²) in [5.41, 5.74) is 0.949. The maximum atomic E-state index is 11.9. The minimum Gasteiger partial charge on any atom is -0.444 e. The van der Waals surface area contributed by atoms with Gasteiger partial charge in [-0.15, -0.1) is 0 Å². The van der Waals surface area contributed by atoms with Gasteiger partial charge in [-0.2, -0.15) is 0 Å². The molecule has 0 radical (unpaired) electrons.